The molecule has 0 radical (unpaired) electrons. The average Bonchev–Trinajstić information content (AvgIpc) is 3.50. The van der Waals surface area contributed by atoms with Crippen molar-refractivity contribution in [1.29, 1.82) is 0 Å². The predicted molar refractivity (Wildman–Crippen MR) is 136 cm³/mol. The molecule has 0 spiro atoms. The molecule has 3 aromatic carbocycles. The Kier molecular flexibility index (Phi) is 6.62. The van der Waals surface area contributed by atoms with Gasteiger partial charge >= 0.3 is 0 Å². The first-order chi connectivity index (χ1) is 16.7. The molecule has 2 heterocycles. The van der Waals surface area contributed by atoms with Crippen LogP contribution in [-0.2, 0) is 24.3 Å². The lowest BCUT2D eigenvalue weighted by Gasteiger charge is -2.19. The van der Waals surface area contributed by atoms with Crippen molar-refractivity contribution >= 4 is 23.4 Å². The molecule has 0 saturated carbocycles. The first-order valence-electron chi connectivity index (χ1n) is 11.4. The van der Waals surface area contributed by atoms with E-state index in [1.807, 2.05) is 28.8 Å². The van der Waals surface area contributed by atoms with Crippen LogP contribution >= 0.6 is 11.8 Å². The van der Waals surface area contributed by atoms with Crippen LogP contribution in [0, 0.1) is 6.92 Å². The Morgan fingerprint density at radius 3 is 2.59 bits per heavy atom. The summed E-state index contributed by atoms with van der Waals surface area (Å²) >= 11 is 1.38. The molecular formula is C27H27N5OS. The van der Waals surface area contributed by atoms with E-state index < -0.39 is 0 Å². The van der Waals surface area contributed by atoms with E-state index in [9.17, 15) is 4.79 Å². The van der Waals surface area contributed by atoms with Gasteiger partial charge in [0.15, 0.2) is 5.16 Å². The van der Waals surface area contributed by atoms with Crippen molar-refractivity contribution in [3.05, 3.63) is 101 Å². The van der Waals surface area contributed by atoms with Gasteiger partial charge in [-0.15, -0.1) is 10.2 Å². The zero-order valence-electron chi connectivity index (χ0n) is 19.1. The molecule has 0 fully saturated rings. The highest BCUT2D eigenvalue weighted by molar-refractivity contribution is 7.99. The maximum atomic E-state index is 12.4. The number of anilines is 1. The van der Waals surface area contributed by atoms with Crippen LogP contribution in [0.1, 0.15) is 22.3 Å². The molecule has 6 nitrogen and oxygen atoms in total. The van der Waals surface area contributed by atoms with Gasteiger partial charge in [0.25, 0.3) is 0 Å². The van der Waals surface area contributed by atoms with Crippen LogP contribution in [0.25, 0.3) is 5.69 Å². The van der Waals surface area contributed by atoms with E-state index in [1.165, 1.54) is 34.1 Å². The lowest BCUT2D eigenvalue weighted by atomic mass is 10.1. The van der Waals surface area contributed by atoms with E-state index in [0.717, 1.165) is 30.8 Å². The summed E-state index contributed by atoms with van der Waals surface area (Å²) in [5.41, 5.74) is 7.31. The van der Waals surface area contributed by atoms with Gasteiger partial charge in [-0.2, -0.15) is 0 Å². The highest BCUT2D eigenvalue weighted by Crippen LogP contribution is 2.28. The Balaban J connectivity index is 1.11. The molecule has 0 bridgehead atoms. The van der Waals surface area contributed by atoms with E-state index in [4.69, 9.17) is 0 Å². The lowest BCUT2D eigenvalue weighted by Crippen LogP contribution is -2.24. The Morgan fingerprint density at radius 1 is 1.00 bits per heavy atom. The molecule has 0 unspecified atom stereocenters. The summed E-state index contributed by atoms with van der Waals surface area (Å²) in [7, 11) is 0. The van der Waals surface area contributed by atoms with Crippen molar-refractivity contribution in [2.75, 3.05) is 17.2 Å². The molecule has 172 valence electrons. The molecule has 1 amide bonds. The minimum Gasteiger partial charge on any atom is -0.367 e. The highest BCUT2D eigenvalue weighted by atomic mass is 32.2. The summed E-state index contributed by atoms with van der Waals surface area (Å²) in [5.74, 6) is 0.262. The molecule has 1 aliphatic rings. The van der Waals surface area contributed by atoms with Crippen LogP contribution in [0.5, 0.6) is 0 Å². The first-order valence-corrected chi connectivity index (χ1v) is 12.4. The van der Waals surface area contributed by atoms with Gasteiger partial charge in [-0.3, -0.25) is 9.36 Å². The molecule has 4 aromatic rings. The maximum absolute atomic E-state index is 12.4. The number of thioether (sulfide) groups is 1. The zero-order valence-corrected chi connectivity index (χ0v) is 20.0. The summed E-state index contributed by atoms with van der Waals surface area (Å²) in [5, 5.41) is 11.9. The summed E-state index contributed by atoms with van der Waals surface area (Å²) in [6, 6.07) is 25.3. The molecule has 0 aliphatic carbocycles. The number of rotatable bonds is 8. The van der Waals surface area contributed by atoms with E-state index in [-0.39, 0.29) is 11.7 Å². The Bertz CT molecular complexity index is 1270. The average molecular weight is 470 g/mol. The fourth-order valence-electron chi connectivity index (χ4n) is 4.14. The summed E-state index contributed by atoms with van der Waals surface area (Å²) in [6.45, 7) is 4.53. The Labute approximate surface area is 204 Å². The Hall–Kier alpha value is -3.58. The molecule has 1 aromatic heterocycles. The van der Waals surface area contributed by atoms with Crippen molar-refractivity contribution in [2.24, 2.45) is 0 Å². The van der Waals surface area contributed by atoms with Crippen molar-refractivity contribution in [1.82, 2.24) is 20.1 Å². The maximum Gasteiger partial charge on any atom is 0.230 e. The van der Waals surface area contributed by atoms with E-state index in [0.29, 0.717) is 11.7 Å². The predicted octanol–water partition coefficient (Wildman–Crippen LogP) is 4.55. The standard InChI is InChI=1S/C27H27N5OS/c1-20-6-12-24(13-7-20)32-19-29-30-27(32)34-18-26(33)28-16-21-8-10-22(11-9-21)17-31-15-14-23-4-2-3-5-25(23)31/h2-13,19H,14-18H2,1H3,(H,28,33). The van der Waals surface area contributed by atoms with Gasteiger partial charge in [0.1, 0.15) is 6.33 Å². The van der Waals surface area contributed by atoms with E-state index in [1.54, 1.807) is 6.33 Å². The number of carbonyl (C=O) groups excluding carboxylic acids is 1. The zero-order chi connectivity index (χ0) is 23.3. The quantitative estimate of drug-likeness (QED) is 0.384. The number of hydrogen-bond acceptors (Lipinski definition) is 5. The number of nitrogens with zero attached hydrogens (tertiary/aromatic N) is 4. The number of amides is 1. The van der Waals surface area contributed by atoms with Gasteiger partial charge in [0, 0.05) is 31.0 Å². The second-order valence-corrected chi connectivity index (χ2v) is 9.44. The van der Waals surface area contributed by atoms with Gasteiger partial charge in [0.05, 0.1) is 5.75 Å². The smallest absolute Gasteiger partial charge is 0.230 e. The third kappa shape index (κ3) is 5.15. The molecule has 1 N–H and O–H groups in total. The van der Waals surface area contributed by atoms with Gasteiger partial charge in [-0.05, 0) is 48.2 Å². The topological polar surface area (TPSA) is 63.1 Å². The number of carbonyl (C=O) groups is 1. The van der Waals surface area contributed by atoms with Crippen LogP contribution in [0.15, 0.2) is 84.3 Å². The summed E-state index contributed by atoms with van der Waals surface area (Å²) in [6.07, 6.45) is 2.78. The normalized spacial score (nSPS) is 12.6. The first kappa shape index (κ1) is 22.2. The fourth-order valence-corrected chi connectivity index (χ4v) is 4.90. The summed E-state index contributed by atoms with van der Waals surface area (Å²) < 4.78 is 1.90. The number of nitrogens with one attached hydrogen (secondary N) is 1. The number of fused-ring (bicyclic) bond motifs is 1. The molecular weight excluding hydrogens is 442 g/mol. The second-order valence-electron chi connectivity index (χ2n) is 8.50. The highest BCUT2D eigenvalue weighted by Gasteiger charge is 2.18. The van der Waals surface area contributed by atoms with Crippen LogP contribution in [0.2, 0.25) is 0 Å². The molecule has 5 rings (SSSR count). The molecule has 0 saturated heterocycles. The Morgan fingerprint density at radius 2 is 1.76 bits per heavy atom. The molecule has 34 heavy (non-hydrogen) atoms. The van der Waals surface area contributed by atoms with Crippen molar-refractivity contribution in [3.8, 4) is 5.69 Å². The largest absolute Gasteiger partial charge is 0.367 e. The van der Waals surface area contributed by atoms with Gasteiger partial charge < -0.3 is 10.2 Å². The second kappa shape index (κ2) is 10.1. The summed E-state index contributed by atoms with van der Waals surface area (Å²) in [4.78, 5) is 14.9. The lowest BCUT2D eigenvalue weighted by molar-refractivity contribution is -0.118. The van der Waals surface area contributed by atoms with Crippen LogP contribution < -0.4 is 10.2 Å². The van der Waals surface area contributed by atoms with Gasteiger partial charge in [0.2, 0.25) is 5.91 Å². The van der Waals surface area contributed by atoms with Crippen molar-refractivity contribution in [2.45, 2.75) is 31.6 Å². The van der Waals surface area contributed by atoms with E-state index in [2.05, 4.69) is 75.9 Å². The van der Waals surface area contributed by atoms with Crippen LogP contribution in [0.3, 0.4) is 0 Å². The SMILES string of the molecule is Cc1ccc(-n2cnnc2SCC(=O)NCc2ccc(CN3CCc4ccccc43)cc2)cc1. The number of hydrogen-bond donors (Lipinski definition) is 1. The van der Waals surface area contributed by atoms with Gasteiger partial charge in [-0.25, -0.2) is 0 Å². The van der Waals surface area contributed by atoms with E-state index >= 15 is 0 Å². The minimum absolute atomic E-state index is 0.0267. The van der Waals surface area contributed by atoms with Crippen LogP contribution in [0.4, 0.5) is 5.69 Å². The molecule has 1 aliphatic heterocycles. The van der Waals surface area contributed by atoms with Crippen molar-refractivity contribution < 1.29 is 4.79 Å². The minimum atomic E-state index is -0.0267. The third-order valence-electron chi connectivity index (χ3n) is 6.03. The van der Waals surface area contributed by atoms with Crippen LogP contribution in [-0.4, -0.2) is 33.0 Å². The fraction of sp³-hybridized carbons (Fsp3) is 0.222. The van der Waals surface area contributed by atoms with Gasteiger partial charge in [-0.1, -0.05) is 71.9 Å². The molecule has 0 atom stereocenters. The van der Waals surface area contributed by atoms with Crippen molar-refractivity contribution in [3.63, 3.8) is 0 Å². The number of aryl methyl sites for hydroxylation is 1. The number of aromatic nitrogens is 3. The number of benzene rings is 3. The third-order valence-corrected chi connectivity index (χ3v) is 6.97. The monoisotopic (exact) mass is 469 g/mol. The number of para-hydroxylation sites is 1. The molecule has 7 heteroatoms.